The van der Waals surface area contributed by atoms with Crippen molar-refractivity contribution in [1.82, 2.24) is 15.1 Å². The van der Waals surface area contributed by atoms with E-state index in [1.54, 1.807) is 0 Å². The number of hydrogen-bond donors (Lipinski definition) is 1. The molecule has 1 N–H and O–H groups in total. The topological polar surface area (TPSA) is 71.1 Å². The molecule has 1 saturated carbocycles. The van der Waals surface area contributed by atoms with Crippen LogP contribution >= 0.6 is 0 Å². The van der Waals surface area contributed by atoms with Crippen LogP contribution in [0, 0.1) is 0 Å². The van der Waals surface area contributed by atoms with Crippen LogP contribution in [0.15, 0.2) is 0 Å². The molecule has 0 radical (unpaired) electrons. The first-order chi connectivity index (χ1) is 12.8. The quantitative estimate of drug-likeness (QED) is 0.813. The highest BCUT2D eigenvalue weighted by Crippen LogP contribution is 2.28. The molecule has 3 fully saturated rings. The first-order valence-corrected chi connectivity index (χ1v) is 10.5. The maximum atomic E-state index is 12.2. The van der Waals surface area contributed by atoms with Gasteiger partial charge in [0.2, 0.25) is 0 Å². The summed E-state index contributed by atoms with van der Waals surface area (Å²) in [5.41, 5.74) is -0.477. The van der Waals surface area contributed by atoms with Crippen molar-refractivity contribution in [3.63, 3.8) is 0 Å². The number of carbonyl (C=O) groups excluding carboxylic acids is 2. The van der Waals surface area contributed by atoms with E-state index in [-0.39, 0.29) is 24.3 Å². The third-order valence-corrected chi connectivity index (χ3v) is 5.84. The second-order valence-electron chi connectivity index (χ2n) is 9.03. The second-order valence-corrected chi connectivity index (χ2v) is 9.03. The molecule has 7 nitrogen and oxygen atoms in total. The number of alkyl carbamates (subject to hydrolysis) is 1. The molecular weight excluding hydrogens is 346 g/mol. The first-order valence-electron chi connectivity index (χ1n) is 10.5. The largest absolute Gasteiger partial charge is 0.449 e. The minimum absolute atomic E-state index is 0.144. The Morgan fingerprint density at radius 1 is 1.07 bits per heavy atom. The molecule has 0 aromatic rings. The van der Waals surface area contributed by atoms with E-state index in [2.05, 4.69) is 10.2 Å². The average Bonchev–Trinajstić information content (AvgIpc) is 2.61. The van der Waals surface area contributed by atoms with Gasteiger partial charge in [0.25, 0.3) is 0 Å². The molecule has 27 heavy (non-hydrogen) atoms. The number of carbonyl (C=O) groups is 2. The SMILES string of the molecule is CC(C)(C)OC(=O)NC1CCCCC1N1CCC(N2CCCOC2=O)CC1. The Kier molecular flexibility index (Phi) is 6.50. The van der Waals surface area contributed by atoms with Gasteiger partial charge in [0, 0.05) is 37.8 Å². The van der Waals surface area contributed by atoms with Crippen LogP contribution in [0.5, 0.6) is 0 Å². The molecule has 0 aromatic heterocycles. The molecule has 154 valence electrons. The van der Waals surface area contributed by atoms with Crippen molar-refractivity contribution in [3.05, 3.63) is 0 Å². The molecular formula is C20H35N3O4. The first kappa shape index (κ1) is 20.2. The molecule has 1 aliphatic carbocycles. The molecule has 2 heterocycles. The number of piperidine rings is 1. The summed E-state index contributed by atoms with van der Waals surface area (Å²) in [5, 5.41) is 3.12. The van der Waals surface area contributed by atoms with E-state index in [9.17, 15) is 9.59 Å². The van der Waals surface area contributed by atoms with Crippen molar-refractivity contribution in [2.75, 3.05) is 26.2 Å². The highest BCUT2D eigenvalue weighted by molar-refractivity contribution is 5.69. The molecule has 2 atom stereocenters. The van der Waals surface area contributed by atoms with E-state index < -0.39 is 5.60 Å². The molecule has 2 unspecified atom stereocenters. The molecule has 2 aliphatic heterocycles. The third kappa shape index (κ3) is 5.50. The Morgan fingerprint density at radius 2 is 1.78 bits per heavy atom. The number of ether oxygens (including phenoxy) is 2. The molecule has 3 aliphatic rings. The van der Waals surface area contributed by atoms with Crippen LogP contribution in [-0.4, -0.2) is 72.0 Å². The van der Waals surface area contributed by atoms with Crippen molar-refractivity contribution in [1.29, 1.82) is 0 Å². The number of rotatable bonds is 3. The normalized spacial score (nSPS) is 28.6. The summed E-state index contributed by atoms with van der Waals surface area (Å²) < 4.78 is 10.7. The van der Waals surface area contributed by atoms with E-state index >= 15 is 0 Å². The van der Waals surface area contributed by atoms with Crippen molar-refractivity contribution in [3.8, 4) is 0 Å². The van der Waals surface area contributed by atoms with Crippen LogP contribution in [0.3, 0.4) is 0 Å². The summed E-state index contributed by atoms with van der Waals surface area (Å²) in [5.74, 6) is 0. The number of amides is 2. The lowest BCUT2D eigenvalue weighted by Gasteiger charge is -2.45. The minimum atomic E-state index is -0.477. The number of likely N-dealkylation sites (tertiary alicyclic amines) is 1. The van der Waals surface area contributed by atoms with Gasteiger partial charge in [-0.25, -0.2) is 9.59 Å². The number of hydrogen-bond acceptors (Lipinski definition) is 5. The van der Waals surface area contributed by atoms with Crippen molar-refractivity contribution in [2.45, 2.75) is 89.4 Å². The Labute approximate surface area is 162 Å². The second kappa shape index (κ2) is 8.67. The summed E-state index contributed by atoms with van der Waals surface area (Å²) in [4.78, 5) is 28.7. The zero-order valence-corrected chi connectivity index (χ0v) is 17.0. The van der Waals surface area contributed by atoms with Gasteiger partial charge in [-0.15, -0.1) is 0 Å². The van der Waals surface area contributed by atoms with Crippen molar-refractivity contribution in [2.24, 2.45) is 0 Å². The fourth-order valence-corrected chi connectivity index (χ4v) is 4.61. The minimum Gasteiger partial charge on any atom is -0.449 e. The number of cyclic esters (lactones) is 1. The van der Waals surface area contributed by atoms with Crippen LogP contribution in [0.1, 0.15) is 65.7 Å². The van der Waals surface area contributed by atoms with Crippen LogP contribution in [0.2, 0.25) is 0 Å². The van der Waals surface area contributed by atoms with E-state index in [0.29, 0.717) is 12.6 Å². The maximum absolute atomic E-state index is 12.2. The number of nitrogens with zero attached hydrogens (tertiary/aromatic N) is 2. The highest BCUT2D eigenvalue weighted by Gasteiger charge is 2.36. The smallest absolute Gasteiger partial charge is 0.410 e. The zero-order chi connectivity index (χ0) is 19.4. The molecule has 0 spiro atoms. The van der Waals surface area contributed by atoms with Gasteiger partial charge < -0.3 is 19.7 Å². The Morgan fingerprint density at radius 3 is 2.44 bits per heavy atom. The van der Waals surface area contributed by atoms with Gasteiger partial charge in [-0.3, -0.25) is 4.90 Å². The zero-order valence-electron chi connectivity index (χ0n) is 17.0. The van der Waals surface area contributed by atoms with Crippen molar-refractivity contribution >= 4 is 12.2 Å². The van der Waals surface area contributed by atoms with Crippen LogP contribution < -0.4 is 5.32 Å². The van der Waals surface area contributed by atoms with Gasteiger partial charge in [0.05, 0.1) is 6.61 Å². The van der Waals surface area contributed by atoms with E-state index in [1.165, 1.54) is 6.42 Å². The lowest BCUT2D eigenvalue weighted by molar-refractivity contribution is 0.0191. The summed E-state index contributed by atoms with van der Waals surface area (Å²) in [6.07, 6.45) is 6.88. The third-order valence-electron chi connectivity index (χ3n) is 5.84. The van der Waals surface area contributed by atoms with E-state index in [0.717, 1.165) is 58.2 Å². The molecule has 2 saturated heterocycles. The molecule has 2 amide bonds. The van der Waals surface area contributed by atoms with Gasteiger partial charge in [-0.1, -0.05) is 12.8 Å². The molecule has 3 rings (SSSR count). The monoisotopic (exact) mass is 381 g/mol. The highest BCUT2D eigenvalue weighted by atomic mass is 16.6. The maximum Gasteiger partial charge on any atom is 0.410 e. The Balaban J connectivity index is 1.53. The fourth-order valence-electron chi connectivity index (χ4n) is 4.61. The molecule has 0 aromatic carbocycles. The van der Waals surface area contributed by atoms with Crippen LogP contribution in [-0.2, 0) is 9.47 Å². The van der Waals surface area contributed by atoms with Crippen LogP contribution in [0.25, 0.3) is 0 Å². The summed E-state index contributed by atoms with van der Waals surface area (Å²) in [6.45, 7) is 8.96. The van der Waals surface area contributed by atoms with E-state index in [1.807, 2.05) is 25.7 Å². The summed E-state index contributed by atoms with van der Waals surface area (Å²) in [7, 11) is 0. The standard InChI is InChI=1S/C20H35N3O4/c1-20(2,3)27-18(24)21-16-7-4-5-8-17(16)22-12-9-15(10-13-22)23-11-6-14-26-19(23)25/h15-17H,4-14H2,1-3H3,(H,21,24). The Hall–Kier alpha value is -1.50. The molecule has 7 heteroatoms. The lowest BCUT2D eigenvalue weighted by atomic mass is 9.87. The molecule has 0 bridgehead atoms. The predicted molar refractivity (Wildman–Crippen MR) is 103 cm³/mol. The predicted octanol–water partition coefficient (Wildman–Crippen LogP) is 3.13. The summed E-state index contributed by atoms with van der Waals surface area (Å²) in [6, 6.07) is 0.792. The van der Waals surface area contributed by atoms with Gasteiger partial charge in [0.1, 0.15) is 5.60 Å². The van der Waals surface area contributed by atoms with Crippen molar-refractivity contribution < 1.29 is 19.1 Å². The van der Waals surface area contributed by atoms with Gasteiger partial charge in [-0.05, 0) is 52.9 Å². The van der Waals surface area contributed by atoms with Crippen LogP contribution in [0.4, 0.5) is 9.59 Å². The van der Waals surface area contributed by atoms with E-state index in [4.69, 9.17) is 9.47 Å². The lowest BCUT2D eigenvalue weighted by Crippen LogP contribution is -2.57. The summed E-state index contributed by atoms with van der Waals surface area (Å²) >= 11 is 0. The fraction of sp³-hybridized carbons (Fsp3) is 0.900. The number of nitrogens with one attached hydrogen (secondary N) is 1. The average molecular weight is 382 g/mol. The van der Waals surface area contributed by atoms with Gasteiger partial charge >= 0.3 is 12.2 Å². The van der Waals surface area contributed by atoms with Gasteiger partial charge in [-0.2, -0.15) is 0 Å². The van der Waals surface area contributed by atoms with Gasteiger partial charge in [0.15, 0.2) is 0 Å². The Bertz CT molecular complexity index is 526.